The first-order chi connectivity index (χ1) is 10.4. The molecule has 0 saturated carbocycles. The number of halogens is 2. The Morgan fingerprint density at radius 1 is 1.45 bits per heavy atom. The molecule has 2 N–H and O–H groups in total. The number of hydrogen-bond donors (Lipinski definition) is 1. The number of benzene rings is 1. The molecule has 0 spiro atoms. The maximum Gasteiger partial charge on any atom is 0.234 e. The summed E-state index contributed by atoms with van der Waals surface area (Å²) in [4.78, 5) is 15.4. The summed E-state index contributed by atoms with van der Waals surface area (Å²) in [5.41, 5.74) is 5.93. The van der Waals surface area contributed by atoms with Crippen LogP contribution in [0.25, 0.3) is 0 Å². The Bertz CT molecular complexity index is 608. The van der Waals surface area contributed by atoms with Gasteiger partial charge in [0.25, 0.3) is 0 Å². The Kier molecular flexibility index (Phi) is 5.35. The van der Waals surface area contributed by atoms with Crippen LogP contribution in [-0.2, 0) is 11.3 Å². The first kappa shape index (κ1) is 16.7. The first-order valence-electron chi connectivity index (χ1n) is 7.06. The van der Waals surface area contributed by atoms with Gasteiger partial charge in [0.2, 0.25) is 5.91 Å². The van der Waals surface area contributed by atoms with Crippen molar-refractivity contribution in [3.8, 4) is 6.07 Å². The van der Waals surface area contributed by atoms with Crippen molar-refractivity contribution in [1.82, 2.24) is 9.80 Å². The van der Waals surface area contributed by atoms with Crippen molar-refractivity contribution in [1.29, 1.82) is 5.26 Å². The molecule has 1 aliphatic heterocycles. The van der Waals surface area contributed by atoms with Gasteiger partial charge in [0, 0.05) is 32.7 Å². The van der Waals surface area contributed by atoms with Gasteiger partial charge in [-0.1, -0.05) is 17.7 Å². The third-order valence-corrected chi connectivity index (χ3v) is 4.47. The molecule has 0 unspecified atom stereocenters. The van der Waals surface area contributed by atoms with Crippen LogP contribution in [0, 0.1) is 17.1 Å². The number of nitrogens with two attached hydrogens (primary N) is 1. The van der Waals surface area contributed by atoms with Gasteiger partial charge < -0.3 is 5.73 Å². The van der Waals surface area contributed by atoms with Crippen LogP contribution < -0.4 is 5.73 Å². The molecule has 5 nitrogen and oxygen atoms in total. The second kappa shape index (κ2) is 7.05. The van der Waals surface area contributed by atoms with Crippen LogP contribution in [0.4, 0.5) is 4.39 Å². The van der Waals surface area contributed by atoms with Crippen LogP contribution in [0.5, 0.6) is 0 Å². The van der Waals surface area contributed by atoms with Gasteiger partial charge >= 0.3 is 0 Å². The average molecular weight is 325 g/mol. The molecule has 2 rings (SSSR count). The monoisotopic (exact) mass is 324 g/mol. The Morgan fingerprint density at radius 2 is 2.09 bits per heavy atom. The largest absolute Gasteiger partial charge is 0.368 e. The van der Waals surface area contributed by atoms with E-state index in [-0.39, 0.29) is 22.5 Å². The number of primary amides is 1. The van der Waals surface area contributed by atoms with Gasteiger partial charge in [-0.05, 0) is 18.6 Å². The average Bonchev–Trinajstić information content (AvgIpc) is 2.50. The zero-order valence-corrected chi connectivity index (χ0v) is 13.1. The van der Waals surface area contributed by atoms with E-state index in [1.165, 1.54) is 6.07 Å². The van der Waals surface area contributed by atoms with Crippen LogP contribution in [0.15, 0.2) is 12.1 Å². The van der Waals surface area contributed by atoms with E-state index in [4.69, 9.17) is 22.6 Å². The van der Waals surface area contributed by atoms with E-state index in [1.54, 1.807) is 19.1 Å². The van der Waals surface area contributed by atoms with Gasteiger partial charge in [-0.15, -0.1) is 0 Å². The topological polar surface area (TPSA) is 73.4 Å². The molecule has 1 aliphatic rings. The summed E-state index contributed by atoms with van der Waals surface area (Å²) in [6, 6.07) is 4.39. The highest BCUT2D eigenvalue weighted by molar-refractivity contribution is 6.32. The Labute approximate surface area is 134 Å². The third kappa shape index (κ3) is 3.55. The number of amides is 1. The SMILES string of the molecule is C[C@@H](C(N)=O)N1CCN(Cc2ccc(F)c(C#N)c2Cl)CC1. The lowest BCUT2D eigenvalue weighted by Crippen LogP contribution is -2.52. The molecule has 0 radical (unpaired) electrons. The predicted octanol–water partition coefficient (Wildman–Crippen LogP) is 1.34. The second-order valence-electron chi connectivity index (χ2n) is 5.40. The zero-order chi connectivity index (χ0) is 16.3. The summed E-state index contributed by atoms with van der Waals surface area (Å²) < 4.78 is 13.5. The van der Waals surface area contributed by atoms with Crippen molar-refractivity contribution in [2.45, 2.75) is 19.5 Å². The van der Waals surface area contributed by atoms with Crippen LogP contribution in [0.2, 0.25) is 5.02 Å². The lowest BCUT2D eigenvalue weighted by Gasteiger charge is -2.37. The smallest absolute Gasteiger partial charge is 0.234 e. The Morgan fingerprint density at radius 3 is 2.64 bits per heavy atom. The molecular formula is C15H18ClFN4O. The maximum absolute atomic E-state index is 13.5. The standard InChI is InChI=1S/C15H18ClFN4O/c1-10(15(19)22)21-6-4-20(5-7-21)9-11-2-3-13(17)12(8-18)14(11)16/h2-3,10H,4-7,9H2,1H3,(H2,19,22)/t10-/m0/s1. The fourth-order valence-electron chi connectivity index (χ4n) is 2.55. The van der Waals surface area contributed by atoms with Gasteiger partial charge in [0.05, 0.1) is 11.1 Å². The molecule has 1 amide bonds. The van der Waals surface area contributed by atoms with Gasteiger partial charge in [-0.25, -0.2) is 4.39 Å². The van der Waals surface area contributed by atoms with Crippen LogP contribution in [-0.4, -0.2) is 47.9 Å². The van der Waals surface area contributed by atoms with Gasteiger partial charge in [-0.2, -0.15) is 5.26 Å². The molecule has 1 heterocycles. The van der Waals surface area contributed by atoms with E-state index in [9.17, 15) is 9.18 Å². The van der Waals surface area contributed by atoms with Crippen molar-refractivity contribution in [3.63, 3.8) is 0 Å². The highest BCUT2D eigenvalue weighted by Crippen LogP contribution is 2.25. The summed E-state index contributed by atoms with van der Waals surface area (Å²) >= 11 is 6.09. The molecule has 0 aromatic heterocycles. The van der Waals surface area contributed by atoms with Crippen molar-refractivity contribution < 1.29 is 9.18 Å². The van der Waals surface area contributed by atoms with Gasteiger partial charge in [0.15, 0.2) is 0 Å². The number of carbonyl (C=O) groups excluding carboxylic acids is 1. The lowest BCUT2D eigenvalue weighted by molar-refractivity contribution is -0.123. The molecular weight excluding hydrogens is 307 g/mol. The number of rotatable bonds is 4. The van der Waals surface area contributed by atoms with Crippen molar-refractivity contribution >= 4 is 17.5 Å². The fraction of sp³-hybridized carbons (Fsp3) is 0.467. The zero-order valence-electron chi connectivity index (χ0n) is 12.4. The molecule has 1 aromatic rings. The van der Waals surface area contributed by atoms with Crippen molar-refractivity contribution in [3.05, 3.63) is 34.1 Å². The highest BCUT2D eigenvalue weighted by atomic mass is 35.5. The molecule has 1 atom stereocenters. The molecule has 22 heavy (non-hydrogen) atoms. The highest BCUT2D eigenvalue weighted by Gasteiger charge is 2.24. The van der Waals surface area contributed by atoms with Gasteiger partial charge in [-0.3, -0.25) is 14.6 Å². The van der Waals surface area contributed by atoms with E-state index >= 15 is 0 Å². The third-order valence-electron chi connectivity index (χ3n) is 4.04. The maximum atomic E-state index is 13.5. The summed E-state index contributed by atoms with van der Waals surface area (Å²) in [5.74, 6) is -0.926. The lowest BCUT2D eigenvalue weighted by atomic mass is 10.1. The van der Waals surface area contributed by atoms with Crippen LogP contribution in [0.3, 0.4) is 0 Å². The number of piperazine rings is 1. The van der Waals surface area contributed by atoms with Crippen molar-refractivity contribution in [2.24, 2.45) is 5.73 Å². The summed E-state index contributed by atoms with van der Waals surface area (Å²) in [5, 5.41) is 9.12. The molecule has 1 aromatic carbocycles. The van der Waals surface area contributed by atoms with E-state index in [1.807, 2.05) is 4.90 Å². The predicted molar refractivity (Wildman–Crippen MR) is 81.6 cm³/mol. The first-order valence-corrected chi connectivity index (χ1v) is 7.44. The molecule has 0 aliphatic carbocycles. The van der Waals surface area contributed by atoms with Crippen LogP contribution >= 0.6 is 11.6 Å². The van der Waals surface area contributed by atoms with E-state index < -0.39 is 5.82 Å². The second-order valence-corrected chi connectivity index (χ2v) is 5.78. The van der Waals surface area contributed by atoms with E-state index in [2.05, 4.69) is 4.90 Å². The number of nitrogens with zero attached hydrogens (tertiary/aromatic N) is 3. The van der Waals surface area contributed by atoms with Crippen LogP contribution in [0.1, 0.15) is 18.1 Å². The molecule has 0 bridgehead atoms. The molecule has 118 valence electrons. The normalized spacial score (nSPS) is 17.9. The number of nitriles is 1. The van der Waals surface area contributed by atoms with Gasteiger partial charge in [0.1, 0.15) is 17.4 Å². The van der Waals surface area contributed by atoms with Crippen molar-refractivity contribution in [2.75, 3.05) is 26.2 Å². The van der Waals surface area contributed by atoms with E-state index in [0.717, 1.165) is 31.7 Å². The van der Waals surface area contributed by atoms with E-state index in [0.29, 0.717) is 6.54 Å². The number of hydrogen-bond acceptors (Lipinski definition) is 4. The molecule has 1 fully saturated rings. The Hall–Kier alpha value is -1.68. The quantitative estimate of drug-likeness (QED) is 0.907. The minimum absolute atomic E-state index is 0.111. The summed E-state index contributed by atoms with van der Waals surface area (Å²) in [6.45, 7) is 5.32. The minimum Gasteiger partial charge on any atom is -0.368 e. The number of carbonyl (C=O) groups is 1. The summed E-state index contributed by atoms with van der Waals surface area (Å²) in [7, 11) is 0. The molecule has 1 saturated heterocycles. The molecule has 7 heteroatoms. The Balaban J connectivity index is 2.00. The fourth-order valence-corrected chi connectivity index (χ4v) is 2.81. The summed E-state index contributed by atoms with van der Waals surface area (Å²) in [6.07, 6.45) is 0. The minimum atomic E-state index is -0.601.